The molecule has 2 nitrogen and oxygen atoms in total. The minimum Gasteiger partial charge on any atom is -0.503 e. The van der Waals surface area contributed by atoms with Gasteiger partial charge in [0.1, 0.15) is 0 Å². The SMILES string of the molecule is N#[Si]O.[Ta]. The molecule has 0 spiro atoms. The van der Waals surface area contributed by atoms with Gasteiger partial charge in [0.15, 0.2) is 0 Å². The van der Waals surface area contributed by atoms with Crippen LogP contribution >= 0.6 is 0 Å². The van der Waals surface area contributed by atoms with Gasteiger partial charge in [-0.1, -0.05) is 0 Å². The molecule has 0 bridgehead atoms. The Kier molecular flexibility index (Phi) is 21.6. The molecule has 0 aliphatic carbocycles. The summed E-state index contributed by atoms with van der Waals surface area (Å²) in [4.78, 5) is 14.3. The molecule has 0 rings (SSSR count). The monoisotopic (exact) mass is 240 g/mol. The summed E-state index contributed by atoms with van der Waals surface area (Å²) in [6.07, 6.45) is 0. The first-order chi connectivity index (χ1) is 1.41. The van der Waals surface area contributed by atoms with Crippen molar-refractivity contribution in [2.24, 2.45) is 0 Å². The molecule has 0 saturated carbocycles. The summed E-state index contributed by atoms with van der Waals surface area (Å²) in [5.41, 5.74) is 0. The van der Waals surface area contributed by atoms with Crippen molar-refractivity contribution in [1.82, 2.24) is 0 Å². The molecule has 4 heavy (non-hydrogen) atoms. The molecule has 0 aliphatic rings. The molecule has 4 heteroatoms. The van der Waals surface area contributed by atoms with Crippen molar-refractivity contribution < 1.29 is 27.2 Å². The molecule has 0 aliphatic heterocycles. The standard InChI is InChI=1S/HNOSi.Ta/c1-3-2;/h2H;. The van der Waals surface area contributed by atoms with Crippen LogP contribution in [0, 0.1) is 4.89 Å². The second kappa shape index (κ2) is 9.80. The second-order valence-corrected chi connectivity index (χ2v) is 0.300. The van der Waals surface area contributed by atoms with E-state index in [-0.39, 0.29) is 22.4 Å². The normalized spacial score (nSPS) is 1.75. The Labute approximate surface area is 41.9 Å². The van der Waals surface area contributed by atoms with Crippen LogP contribution in [0.2, 0.25) is 0 Å². The number of hydrogen-bond acceptors (Lipinski definition) is 2. The summed E-state index contributed by atoms with van der Waals surface area (Å²) in [7, 11) is -0.917. The van der Waals surface area contributed by atoms with Crippen LogP contribution in [-0.4, -0.2) is 14.2 Å². The molecule has 0 aromatic heterocycles. The van der Waals surface area contributed by atoms with Gasteiger partial charge in [0.2, 0.25) is 0 Å². The van der Waals surface area contributed by atoms with Gasteiger partial charge in [-0.25, -0.2) is 4.89 Å². The smallest absolute Gasteiger partial charge is 0.451 e. The first-order valence-electron chi connectivity index (χ1n) is 0.447. The van der Waals surface area contributed by atoms with Crippen LogP contribution in [0.4, 0.5) is 0 Å². The molecule has 0 amide bonds. The Morgan fingerprint density at radius 3 is 1.75 bits per heavy atom. The zero-order valence-electron chi connectivity index (χ0n) is 1.84. The third-order valence-electron chi connectivity index (χ3n) is 0. The van der Waals surface area contributed by atoms with Crippen molar-refractivity contribution in [3.8, 4) is 0 Å². The van der Waals surface area contributed by atoms with E-state index in [1.807, 2.05) is 0 Å². The van der Waals surface area contributed by atoms with Crippen molar-refractivity contribution in [2.75, 3.05) is 0 Å². The van der Waals surface area contributed by atoms with Crippen molar-refractivity contribution in [3.05, 3.63) is 0 Å². The van der Waals surface area contributed by atoms with Gasteiger partial charge in [0.25, 0.3) is 0 Å². The van der Waals surface area contributed by atoms with E-state index in [0.717, 1.165) is 0 Å². The van der Waals surface area contributed by atoms with E-state index in [1.165, 1.54) is 0 Å². The topological polar surface area (TPSA) is 44.0 Å². The first kappa shape index (κ1) is 8.82. The van der Waals surface area contributed by atoms with Crippen molar-refractivity contribution in [1.29, 1.82) is 4.89 Å². The van der Waals surface area contributed by atoms with E-state index in [4.69, 9.17) is 9.68 Å². The third-order valence-corrected chi connectivity index (χ3v) is 0. The van der Waals surface area contributed by atoms with Gasteiger partial charge >= 0.3 is 9.40 Å². The number of hydrogen-bond donors (Lipinski definition) is 1. The quantitative estimate of drug-likeness (QED) is 0.556. The molecule has 0 saturated heterocycles. The molecular formula is HNOSiTa. The van der Waals surface area contributed by atoms with Crippen LogP contribution in [0.5, 0.6) is 0 Å². The summed E-state index contributed by atoms with van der Waals surface area (Å²) in [5.74, 6) is 0. The molecule has 1 radical (unpaired) electrons. The van der Waals surface area contributed by atoms with Crippen LogP contribution in [0.3, 0.4) is 0 Å². The van der Waals surface area contributed by atoms with Gasteiger partial charge in [-0.15, -0.1) is 0 Å². The Balaban J connectivity index is 0. The van der Waals surface area contributed by atoms with E-state index in [2.05, 4.69) is 0 Å². The molecule has 0 unspecified atom stereocenters. The van der Waals surface area contributed by atoms with Gasteiger partial charge < -0.3 is 4.80 Å². The van der Waals surface area contributed by atoms with E-state index < -0.39 is 9.40 Å². The van der Waals surface area contributed by atoms with Crippen LogP contribution in [-0.2, 0) is 22.4 Å². The number of rotatable bonds is 0. The summed E-state index contributed by atoms with van der Waals surface area (Å²) in [5, 5.41) is 0. The Bertz CT molecular complexity index is 29.5. The van der Waals surface area contributed by atoms with Crippen molar-refractivity contribution in [2.45, 2.75) is 0 Å². The fourth-order valence-corrected chi connectivity index (χ4v) is 0. The average molecular weight is 240 g/mol. The molecule has 0 fully saturated rings. The molecule has 0 heterocycles. The molecular weight excluding hydrogens is 239 g/mol. The van der Waals surface area contributed by atoms with Gasteiger partial charge in [-0.2, -0.15) is 0 Å². The average Bonchev–Trinajstić information content (AvgIpc) is 0.918. The van der Waals surface area contributed by atoms with Crippen LogP contribution in [0.25, 0.3) is 0 Å². The maximum Gasteiger partial charge on any atom is 0.451 e. The summed E-state index contributed by atoms with van der Waals surface area (Å²) in [6, 6.07) is 0. The van der Waals surface area contributed by atoms with Crippen LogP contribution < -0.4 is 0 Å². The van der Waals surface area contributed by atoms with E-state index in [9.17, 15) is 0 Å². The molecule has 0 aromatic carbocycles. The summed E-state index contributed by atoms with van der Waals surface area (Å²) >= 11 is 0. The Morgan fingerprint density at radius 2 is 1.75 bits per heavy atom. The summed E-state index contributed by atoms with van der Waals surface area (Å²) in [6.45, 7) is 0. The molecule has 1 N–H and O–H groups in total. The number of nitrogens with zero attached hydrogens (tertiary/aromatic N) is 1. The minimum absolute atomic E-state index is 0. The second-order valence-electron chi connectivity index (χ2n) is 0.100. The summed E-state index contributed by atoms with van der Waals surface area (Å²) < 4.78 is 0. The van der Waals surface area contributed by atoms with Gasteiger partial charge in [-0.3, -0.25) is 0 Å². The fraction of sp³-hybridized carbons (Fsp3) is 0. The fourth-order valence-electron chi connectivity index (χ4n) is 0. The van der Waals surface area contributed by atoms with E-state index in [0.29, 0.717) is 0 Å². The zero-order valence-corrected chi connectivity index (χ0v) is 6.06. The molecule has 0 atom stereocenters. The third kappa shape index (κ3) is 24.3. The largest absolute Gasteiger partial charge is 0.503 e. The van der Waals surface area contributed by atoms with Gasteiger partial charge in [0.05, 0.1) is 0 Å². The molecule has 0 aromatic rings. The first-order valence-corrected chi connectivity index (χ1v) is 1.34. The predicted octanol–water partition coefficient (Wildman–Crippen LogP) is -0.925. The van der Waals surface area contributed by atoms with Gasteiger partial charge in [0, 0.05) is 22.4 Å². The zero-order chi connectivity index (χ0) is 2.71. The van der Waals surface area contributed by atoms with Crippen LogP contribution in [0.15, 0.2) is 0 Å². The Hall–Kier alpha value is 0.467. The maximum absolute atomic E-state index is 7.15. The van der Waals surface area contributed by atoms with E-state index >= 15 is 0 Å². The van der Waals surface area contributed by atoms with E-state index in [1.54, 1.807) is 0 Å². The minimum atomic E-state index is -0.917. The predicted molar refractivity (Wildman–Crippen MR) is 9.70 cm³/mol. The van der Waals surface area contributed by atoms with Crippen LogP contribution in [0.1, 0.15) is 0 Å². The maximum atomic E-state index is 7.15. The van der Waals surface area contributed by atoms with Gasteiger partial charge in [-0.05, 0) is 0 Å². The Morgan fingerprint density at radius 1 is 1.75 bits per heavy atom. The van der Waals surface area contributed by atoms with Crippen molar-refractivity contribution in [3.63, 3.8) is 0 Å². The molecule has 21 valence electrons. The van der Waals surface area contributed by atoms with Crippen molar-refractivity contribution >= 4 is 9.40 Å².